The Hall–Kier alpha value is -2.08. The molecule has 2 aromatic rings. The molecule has 5 nitrogen and oxygen atoms in total. The number of benzene rings is 1. The van der Waals surface area contributed by atoms with E-state index in [2.05, 4.69) is 5.10 Å². The van der Waals surface area contributed by atoms with E-state index in [1.165, 1.54) is 16.8 Å². The lowest BCUT2D eigenvalue weighted by atomic mass is 10.2. The van der Waals surface area contributed by atoms with Gasteiger partial charge in [-0.05, 0) is 12.5 Å². The average molecular weight is 312 g/mol. The minimum absolute atomic E-state index is 0.0168. The molecule has 0 amide bonds. The van der Waals surface area contributed by atoms with E-state index < -0.39 is 11.8 Å². The monoisotopic (exact) mass is 311 g/mol. The van der Waals surface area contributed by atoms with Gasteiger partial charge >= 0.3 is 5.97 Å². The highest BCUT2D eigenvalue weighted by Crippen LogP contribution is 2.21. The molecule has 2 rings (SSSR count). The second-order valence-corrected chi connectivity index (χ2v) is 4.88. The summed E-state index contributed by atoms with van der Waals surface area (Å²) in [6, 6.07) is 4.51. The standard InChI is InChI=1S/C14H15ClFN3O2/c1-3-10-12(17)13(19(2)18-10)14(20)21-7-8-5-4-6-9(15)11(8)16/h4-6H,3,7,17H2,1-2H3. The molecule has 0 unspecified atom stereocenters. The molecule has 1 heterocycles. The van der Waals surface area contributed by atoms with Crippen molar-refractivity contribution < 1.29 is 13.9 Å². The third-order valence-electron chi connectivity index (χ3n) is 3.08. The van der Waals surface area contributed by atoms with Crippen molar-refractivity contribution in [3.8, 4) is 0 Å². The minimum atomic E-state index is -0.651. The molecule has 0 spiro atoms. The van der Waals surface area contributed by atoms with Gasteiger partial charge < -0.3 is 10.5 Å². The summed E-state index contributed by atoms with van der Waals surface area (Å²) in [5, 5.41) is 4.12. The van der Waals surface area contributed by atoms with Gasteiger partial charge in [0.1, 0.15) is 12.4 Å². The normalized spacial score (nSPS) is 10.7. The molecule has 0 saturated heterocycles. The Balaban J connectivity index is 2.16. The van der Waals surface area contributed by atoms with Crippen LogP contribution in [0.15, 0.2) is 18.2 Å². The lowest BCUT2D eigenvalue weighted by Crippen LogP contribution is -2.13. The van der Waals surface area contributed by atoms with E-state index in [0.29, 0.717) is 12.1 Å². The fourth-order valence-corrected chi connectivity index (χ4v) is 2.16. The van der Waals surface area contributed by atoms with Crippen molar-refractivity contribution in [2.45, 2.75) is 20.0 Å². The number of nitrogen functional groups attached to an aromatic ring is 1. The highest BCUT2D eigenvalue weighted by molar-refractivity contribution is 6.30. The van der Waals surface area contributed by atoms with E-state index in [0.717, 1.165) is 0 Å². The van der Waals surface area contributed by atoms with Crippen LogP contribution in [0.5, 0.6) is 0 Å². The van der Waals surface area contributed by atoms with Crippen molar-refractivity contribution in [3.63, 3.8) is 0 Å². The molecule has 1 aromatic carbocycles. The molecule has 0 radical (unpaired) electrons. The number of carbonyl (C=O) groups is 1. The van der Waals surface area contributed by atoms with Gasteiger partial charge in [-0.2, -0.15) is 5.10 Å². The summed E-state index contributed by atoms with van der Waals surface area (Å²) in [4.78, 5) is 12.1. The second-order valence-electron chi connectivity index (χ2n) is 4.48. The average Bonchev–Trinajstić information content (AvgIpc) is 2.74. The molecule has 0 fully saturated rings. The van der Waals surface area contributed by atoms with Gasteiger partial charge in [0.05, 0.1) is 16.4 Å². The molecule has 0 saturated carbocycles. The topological polar surface area (TPSA) is 70.1 Å². The highest BCUT2D eigenvalue weighted by Gasteiger charge is 2.21. The Kier molecular flexibility index (Phi) is 4.47. The Morgan fingerprint density at radius 3 is 2.86 bits per heavy atom. The van der Waals surface area contributed by atoms with E-state index >= 15 is 0 Å². The van der Waals surface area contributed by atoms with Crippen molar-refractivity contribution in [2.24, 2.45) is 7.05 Å². The maximum absolute atomic E-state index is 13.7. The third-order valence-corrected chi connectivity index (χ3v) is 3.37. The van der Waals surface area contributed by atoms with E-state index in [1.54, 1.807) is 13.1 Å². The summed E-state index contributed by atoms with van der Waals surface area (Å²) < 4.78 is 20.2. The highest BCUT2D eigenvalue weighted by atomic mass is 35.5. The number of rotatable bonds is 4. The van der Waals surface area contributed by atoms with Crippen LogP contribution in [0, 0.1) is 5.82 Å². The molecule has 0 aliphatic rings. The van der Waals surface area contributed by atoms with Crippen molar-refractivity contribution in [1.29, 1.82) is 0 Å². The van der Waals surface area contributed by atoms with Crippen LogP contribution in [-0.4, -0.2) is 15.7 Å². The quantitative estimate of drug-likeness (QED) is 0.881. The number of halogens is 2. The van der Waals surface area contributed by atoms with Crippen LogP contribution in [0.4, 0.5) is 10.1 Å². The largest absolute Gasteiger partial charge is 0.456 e. The van der Waals surface area contributed by atoms with Crippen LogP contribution in [0.25, 0.3) is 0 Å². The Morgan fingerprint density at radius 1 is 1.52 bits per heavy atom. The molecule has 112 valence electrons. The van der Waals surface area contributed by atoms with E-state index in [1.807, 2.05) is 6.92 Å². The van der Waals surface area contributed by atoms with Gasteiger partial charge in [0.25, 0.3) is 0 Å². The first-order chi connectivity index (χ1) is 9.95. The second kappa shape index (κ2) is 6.13. The molecule has 1 aromatic heterocycles. The summed E-state index contributed by atoms with van der Waals surface area (Å²) in [7, 11) is 1.60. The summed E-state index contributed by atoms with van der Waals surface area (Å²) >= 11 is 5.67. The zero-order valence-electron chi connectivity index (χ0n) is 11.7. The van der Waals surface area contributed by atoms with Gasteiger partial charge in [-0.15, -0.1) is 0 Å². The Labute approximate surface area is 126 Å². The van der Waals surface area contributed by atoms with Crippen molar-refractivity contribution in [3.05, 3.63) is 46.0 Å². The number of ether oxygens (including phenoxy) is 1. The summed E-state index contributed by atoms with van der Waals surface area (Å²) in [6.45, 7) is 1.66. The smallest absolute Gasteiger partial charge is 0.359 e. The molecule has 0 aliphatic carbocycles. The lowest BCUT2D eigenvalue weighted by Gasteiger charge is -2.07. The van der Waals surface area contributed by atoms with Crippen LogP contribution in [0.2, 0.25) is 5.02 Å². The number of nitrogens with two attached hydrogens (primary N) is 1. The first kappa shape index (κ1) is 15.3. The number of aromatic nitrogens is 2. The first-order valence-corrected chi connectivity index (χ1v) is 6.74. The van der Waals surface area contributed by atoms with Crippen LogP contribution in [0.3, 0.4) is 0 Å². The fourth-order valence-electron chi connectivity index (χ4n) is 1.97. The fraction of sp³-hybridized carbons (Fsp3) is 0.286. The number of nitrogens with zero attached hydrogens (tertiary/aromatic N) is 2. The summed E-state index contributed by atoms with van der Waals surface area (Å²) in [5.74, 6) is -1.25. The van der Waals surface area contributed by atoms with Gasteiger partial charge in [-0.1, -0.05) is 30.7 Å². The molecule has 0 atom stereocenters. The number of carbonyl (C=O) groups excluding carboxylic acids is 1. The maximum atomic E-state index is 13.7. The van der Waals surface area contributed by atoms with Gasteiger partial charge in [0, 0.05) is 12.6 Å². The molecule has 0 aliphatic heterocycles. The van der Waals surface area contributed by atoms with Gasteiger partial charge in [-0.25, -0.2) is 9.18 Å². The van der Waals surface area contributed by atoms with Crippen LogP contribution in [-0.2, 0) is 24.8 Å². The van der Waals surface area contributed by atoms with E-state index in [4.69, 9.17) is 22.1 Å². The number of hydrogen-bond donors (Lipinski definition) is 1. The molecule has 21 heavy (non-hydrogen) atoms. The lowest BCUT2D eigenvalue weighted by molar-refractivity contribution is 0.0457. The molecule has 0 bridgehead atoms. The molecule has 7 heteroatoms. The third kappa shape index (κ3) is 3.00. The zero-order valence-corrected chi connectivity index (χ0v) is 12.4. The number of esters is 1. The van der Waals surface area contributed by atoms with E-state index in [9.17, 15) is 9.18 Å². The van der Waals surface area contributed by atoms with Gasteiger partial charge in [0.15, 0.2) is 5.69 Å². The number of anilines is 1. The van der Waals surface area contributed by atoms with Crippen LogP contribution in [0.1, 0.15) is 28.7 Å². The minimum Gasteiger partial charge on any atom is -0.456 e. The molecule has 2 N–H and O–H groups in total. The molecular formula is C14H15ClFN3O2. The number of hydrogen-bond acceptors (Lipinski definition) is 4. The Bertz CT molecular complexity index is 685. The predicted molar refractivity (Wildman–Crippen MR) is 77.5 cm³/mol. The maximum Gasteiger partial charge on any atom is 0.359 e. The predicted octanol–water partition coefficient (Wildman–Crippen LogP) is 2.71. The number of aryl methyl sites for hydroxylation is 2. The van der Waals surface area contributed by atoms with Crippen molar-refractivity contribution >= 4 is 23.3 Å². The van der Waals surface area contributed by atoms with Crippen molar-refractivity contribution in [2.75, 3.05) is 5.73 Å². The zero-order chi connectivity index (χ0) is 15.6. The van der Waals surface area contributed by atoms with Gasteiger partial charge in [0.2, 0.25) is 0 Å². The molecular weight excluding hydrogens is 297 g/mol. The Morgan fingerprint density at radius 2 is 2.24 bits per heavy atom. The summed E-state index contributed by atoms with van der Waals surface area (Å²) in [6.07, 6.45) is 0.607. The first-order valence-electron chi connectivity index (χ1n) is 6.37. The van der Waals surface area contributed by atoms with Crippen LogP contribution >= 0.6 is 11.6 Å². The van der Waals surface area contributed by atoms with Crippen LogP contribution < -0.4 is 5.73 Å². The van der Waals surface area contributed by atoms with E-state index in [-0.39, 0.29) is 28.6 Å². The SMILES string of the molecule is CCc1nn(C)c(C(=O)OCc2cccc(Cl)c2F)c1N. The van der Waals surface area contributed by atoms with Crippen molar-refractivity contribution in [1.82, 2.24) is 9.78 Å². The summed E-state index contributed by atoms with van der Waals surface area (Å²) in [5.41, 5.74) is 7.13. The van der Waals surface area contributed by atoms with Gasteiger partial charge in [-0.3, -0.25) is 4.68 Å².